The Labute approximate surface area is 76.3 Å². The fraction of sp³-hybridized carbons (Fsp3) is 0.500. The Bertz CT molecular complexity index is 293. The van der Waals surface area contributed by atoms with Crippen LogP contribution >= 0.6 is 11.6 Å². The Kier molecular flexibility index (Phi) is 2.87. The van der Waals surface area contributed by atoms with Gasteiger partial charge in [0.1, 0.15) is 0 Å². The first-order valence-corrected chi connectivity index (χ1v) is 4.26. The van der Waals surface area contributed by atoms with Gasteiger partial charge in [0.25, 0.3) is 5.24 Å². The van der Waals surface area contributed by atoms with Crippen molar-refractivity contribution in [3.63, 3.8) is 0 Å². The minimum atomic E-state index is -0.435. The second-order valence-corrected chi connectivity index (χ2v) is 3.01. The van der Waals surface area contributed by atoms with Gasteiger partial charge < -0.3 is 0 Å². The van der Waals surface area contributed by atoms with E-state index >= 15 is 0 Å². The summed E-state index contributed by atoms with van der Waals surface area (Å²) in [7, 11) is 0. The smallest absolute Gasteiger partial charge is 0.255 e. The van der Waals surface area contributed by atoms with E-state index in [2.05, 4.69) is 12.0 Å². The molecule has 0 fully saturated rings. The summed E-state index contributed by atoms with van der Waals surface area (Å²) in [6.45, 7) is 4.66. The van der Waals surface area contributed by atoms with Crippen molar-refractivity contribution in [3.8, 4) is 0 Å². The van der Waals surface area contributed by atoms with Crippen molar-refractivity contribution < 1.29 is 4.79 Å². The molecule has 0 aliphatic carbocycles. The molecule has 1 aromatic rings. The molecule has 0 amide bonds. The molecule has 1 heterocycles. The minimum absolute atomic E-state index is 0.435. The highest BCUT2D eigenvalue weighted by molar-refractivity contribution is 6.67. The maximum absolute atomic E-state index is 10.8. The lowest BCUT2D eigenvalue weighted by Gasteiger charge is -1.93. The molecule has 0 aliphatic rings. The summed E-state index contributed by atoms with van der Waals surface area (Å²) >= 11 is 5.33. The highest BCUT2D eigenvalue weighted by Gasteiger charge is 2.09. The summed E-state index contributed by atoms with van der Waals surface area (Å²) in [6, 6.07) is 0. The average Bonchev–Trinajstić information content (AvgIpc) is 2.32. The van der Waals surface area contributed by atoms with Gasteiger partial charge >= 0.3 is 0 Å². The Balaban J connectivity index is 2.92. The van der Waals surface area contributed by atoms with Gasteiger partial charge in [0.15, 0.2) is 0 Å². The van der Waals surface area contributed by atoms with Crippen molar-refractivity contribution >= 4 is 16.8 Å². The molecule has 12 heavy (non-hydrogen) atoms. The first-order valence-electron chi connectivity index (χ1n) is 3.89. The molecule has 0 spiro atoms. The molecule has 3 nitrogen and oxygen atoms in total. The van der Waals surface area contributed by atoms with Gasteiger partial charge in [-0.15, -0.1) is 0 Å². The summed E-state index contributed by atoms with van der Waals surface area (Å²) in [5.74, 6) is 0. The normalized spacial score (nSPS) is 10.2. The standard InChI is InChI=1S/C8H11ClN2O/c1-3-4-11-5-7(8(9)12)6(2)10-11/h5H,3-4H2,1-2H3. The van der Waals surface area contributed by atoms with Crippen LogP contribution in [-0.2, 0) is 6.54 Å². The molecule has 0 N–H and O–H groups in total. The van der Waals surface area contributed by atoms with Crippen LogP contribution in [0.4, 0.5) is 0 Å². The van der Waals surface area contributed by atoms with Crippen LogP contribution in [0.25, 0.3) is 0 Å². The second kappa shape index (κ2) is 3.72. The monoisotopic (exact) mass is 186 g/mol. The molecule has 1 aromatic heterocycles. The van der Waals surface area contributed by atoms with Crippen molar-refractivity contribution in [1.82, 2.24) is 9.78 Å². The topological polar surface area (TPSA) is 34.9 Å². The van der Waals surface area contributed by atoms with Gasteiger partial charge in [0.2, 0.25) is 0 Å². The number of carbonyl (C=O) groups excluding carboxylic acids is 1. The Morgan fingerprint density at radius 1 is 1.75 bits per heavy atom. The maximum atomic E-state index is 10.8. The first kappa shape index (κ1) is 9.26. The van der Waals surface area contributed by atoms with E-state index in [0.29, 0.717) is 11.3 Å². The van der Waals surface area contributed by atoms with Crippen LogP contribution in [0.2, 0.25) is 0 Å². The molecule has 0 aliphatic heterocycles. The summed E-state index contributed by atoms with van der Waals surface area (Å²) in [5, 5.41) is 3.70. The predicted octanol–water partition coefficient (Wildman–Crippen LogP) is 1.98. The molecular formula is C8H11ClN2O. The molecule has 0 radical (unpaired) electrons. The van der Waals surface area contributed by atoms with Gasteiger partial charge in [0, 0.05) is 12.7 Å². The molecule has 0 atom stereocenters. The number of carbonyl (C=O) groups is 1. The average molecular weight is 187 g/mol. The van der Waals surface area contributed by atoms with Gasteiger partial charge in [-0.3, -0.25) is 9.48 Å². The molecule has 0 saturated heterocycles. The van der Waals surface area contributed by atoms with E-state index in [-0.39, 0.29) is 0 Å². The lowest BCUT2D eigenvalue weighted by Crippen LogP contribution is -1.96. The van der Waals surface area contributed by atoms with E-state index in [0.717, 1.165) is 13.0 Å². The molecule has 0 unspecified atom stereocenters. The SMILES string of the molecule is CCCn1cc(C(=O)Cl)c(C)n1. The van der Waals surface area contributed by atoms with E-state index in [4.69, 9.17) is 11.6 Å². The van der Waals surface area contributed by atoms with Crippen molar-refractivity contribution in [2.75, 3.05) is 0 Å². The van der Waals surface area contributed by atoms with E-state index in [1.54, 1.807) is 17.8 Å². The Hall–Kier alpha value is -0.830. The zero-order valence-electron chi connectivity index (χ0n) is 7.17. The molecule has 66 valence electrons. The lowest BCUT2D eigenvalue weighted by molar-refractivity contribution is 0.108. The van der Waals surface area contributed by atoms with Gasteiger partial charge in [-0.05, 0) is 24.9 Å². The highest BCUT2D eigenvalue weighted by Crippen LogP contribution is 2.08. The lowest BCUT2D eigenvalue weighted by atomic mass is 10.3. The van der Waals surface area contributed by atoms with Gasteiger partial charge in [0.05, 0.1) is 11.3 Å². The fourth-order valence-corrected chi connectivity index (χ4v) is 1.24. The highest BCUT2D eigenvalue weighted by atomic mass is 35.5. The van der Waals surface area contributed by atoms with Crippen molar-refractivity contribution in [2.45, 2.75) is 26.8 Å². The van der Waals surface area contributed by atoms with E-state index < -0.39 is 5.24 Å². The summed E-state index contributed by atoms with van der Waals surface area (Å²) in [5.41, 5.74) is 1.20. The van der Waals surface area contributed by atoms with Crippen molar-refractivity contribution in [3.05, 3.63) is 17.5 Å². The number of halogens is 1. The molecule has 0 saturated carbocycles. The van der Waals surface area contributed by atoms with Crippen LogP contribution in [0.3, 0.4) is 0 Å². The van der Waals surface area contributed by atoms with Crippen LogP contribution in [0.5, 0.6) is 0 Å². The third kappa shape index (κ3) is 1.85. The molecule has 0 bridgehead atoms. The Morgan fingerprint density at radius 2 is 2.42 bits per heavy atom. The minimum Gasteiger partial charge on any atom is -0.275 e. The molecule has 0 aromatic carbocycles. The number of aryl methyl sites for hydroxylation is 2. The number of aromatic nitrogens is 2. The number of nitrogens with zero attached hydrogens (tertiary/aromatic N) is 2. The number of hydrogen-bond acceptors (Lipinski definition) is 2. The third-order valence-electron chi connectivity index (χ3n) is 1.61. The first-order chi connectivity index (χ1) is 5.65. The van der Waals surface area contributed by atoms with Crippen LogP contribution in [0, 0.1) is 6.92 Å². The Morgan fingerprint density at radius 3 is 2.83 bits per heavy atom. The molecule has 1 rings (SSSR count). The fourth-order valence-electron chi connectivity index (χ4n) is 1.05. The molecule has 4 heteroatoms. The second-order valence-electron chi connectivity index (χ2n) is 2.66. The van der Waals surface area contributed by atoms with Crippen LogP contribution in [0.15, 0.2) is 6.20 Å². The van der Waals surface area contributed by atoms with Gasteiger partial charge in [-0.1, -0.05) is 6.92 Å². The summed E-state index contributed by atoms with van der Waals surface area (Å²) in [6.07, 6.45) is 2.69. The summed E-state index contributed by atoms with van der Waals surface area (Å²) < 4.78 is 1.74. The van der Waals surface area contributed by atoms with E-state index in [1.807, 2.05) is 0 Å². The van der Waals surface area contributed by atoms with Crippen molar-refractivity contribution in [1.29, 1.82) is 0 Å². The number of hydrogen-bond donors (Lipinski definition) is 0. The predicted molar refractivity (Wildman–Crippen MR) is 47.4 cm³/mol. The van der Waals surface area contributed by atoms with Crippen LogP contribution < -0.4 is 0 Å². The largest absolute Gasteiger partial charge is 0.275 e. The quantitative estimate of drug-likeness (QED) is 0.677. The van der Waals surface area contributed by atoms with Gasteiger partial charge in [-0.2, -0.15) is 5.10 Å². The number of rotatable bonds is 3. The van der Waals surface area contributed by atoms with E-state index in [9.17, 15) is 4.79 Å². The zero-order chi connectivity index (χ0) is 9.14. The maximum Gasteiger partial charge on any atom is 0.255 e. The zero-order valence-corrected chi connectivity index (χ0v) is 7.93. The molecular weight excluding hydrogens is 176 g/mol. The summed E-state index contributed by atoms with van der Waals surface area (Å²) in [4.78, 5) is 10.8. The van der Waals surface area contributed by atoms with Gasteiger partial charge in [-0.25, -0.2) is 0 Å². The van der Waals surface area contributed by atoms with Crippen LogP contribution in [0.1, 0.15) is 29.4 Å². The van der Waals surface area contributed by atoms with Crippen molar-refractivity contribution in [2.24, 2.45) is 0 Å². The van der Waals surface area contributed by atoms with E-state index in [1.165, 1.54) is 0 Å². The van der Waals surface area contributed by atoms with Crippen LogP contribution in [-0.4, -0.2) is 15.0 Å². The third-order valence-corrected chi connectivity index (χ3v) is 1.81.